The lowest BCUT2D eigenvalue weighted by molar-refractivity contribution is -0.119. The number of anilines is 1. The Morgan fingerprint density at radius 1 is 1.09 bits per heavy atom. The van der Waals surface area contributed by atoms with Crippen LogP contribution in [0.4, 0.5) is 5.69 Å². The van der Waals surface area contributed by atoms with E-state index in [1.807, 2.05) is 55.5 Å². The molecule has 3 aromatic carbocycles. The Hall–Kier alpha value is -3.72. The average molecular weight is 526 g/mol. The van der Waals surface area contributed by atoms with E-state index in [1.54, 1.807) is 18.3 Å². The van der Waals surface area contributed by atoms with Crippen LogP contribution in [0.25, 0.3) is 0 Å². The summed E-state index contributed by atoms with van der Waals surface area (Å²) in [6, 6.07) is 19.0. The molecule has 1 heterocycles. The Bertz CT molecular complexity index is 1170. The molecule has 0 saturated heterocycles. The summed E-state index contributed by atoms with van der Waals surface area (Å²) in [6.07, 6.45) is 1.55. The SMILES string of the molecule is CCOc1cc(/C=N\NC(=O)CNc2ccc3c(c2)OCO3)cc(Br)c1OCc1ccccc1. The first kappa shape index (κ1) is 23.4. The van der Waals surface area contributed by atoms with Crippen LogP contribution in [-0.2, 0) is 11.4 Å². The zero-order chi connectivity index (χ0) is 23.8. The minimum atomic E-state index is -0.291. The van der Waals surface area contributed by atoms with E-state index >= 15 is 0 Å². The van der Waals surface area contributed by atoms with Crippen molar-refractivity contribution in [3.8, 4) is 23.0 Å². The number of rotatable bonds is 10. The van der Waals surface area contributed by atoms with Crippen LogP contribution in [0.1, 0.15) is 18.1 Å². The van der Waals surface area contributed by atoms with Crippen molar-refractivity contribution in [2.75, 3.05) is 25.3 Å². The smallest absolute Gasteiger partial charge is 0.259 e. The molecule has 34 heavy (non-hydrogen) atoms. The fourth-order valence-electron chi connectivity index (χ4n) is 3.20. The third-order valence-electron chi connectivity index (χ3n) is 4.79. The van der Waals surface area contributed by atoms with Gasteiger partial charge in [0.25, 0.3) is 5.91 Å². The number of benzene rings is 3. The number of hydrazone groups is 1. The summed E-state index contributed by atoms with van der Waals surface area (Å²) < 4.78 is 23.1. The molecule has 0 spiro atoms. The molecule has 0 aliphatic carbocycles. The molecular weight excluding hydrogens is 502 g/mol. The third kappa shape index (κ3) is 6.20. The second kappa shape index (κ2) is 11.4. The maximum atomic E-state index is 12.2. The maximum absolute atomic E-state index is 12.2. The molecule has 1 amide bonds. The predicted molar refractivity (Wildman–Crippen MR) is 133 cm³/mol. The molecule has 0 saturated carbocycles. The number of carbonyl (C=O) groups is 1. The summed E-state index contributed by atoms with van der Waals surface area (Å²) in [7, 11) is 0. The average Bonchev–Trinajstić information content (AvgIpc) is 3.31. The van der Waals surface area contributed by atoms with E-state index in [0.717, 1.165) is 21.3 Å². The molecule has 9 heteroatoms. The Labute approximate surface area is 206 Å². The molecule has 1 aliphatic heterocycles. The van der Waals surface area contributed by atoms with Crippen molar-refractivity contribution >= 4 is 33.7 Å². The Morgan fingerprint density at radius 3 is 2.74 bits per heavy atom. The van der Waals surface area contributed by atoms with Gasteiger partial charge in [-0.15, -0.1) is 0 Å². The molecule has 1 aliphatic rings. The van der Waals surface area contributed by atoms with Crippen molar-refractivity contribution in [1.29, 1.82) is 0 Å². The summed E-state index contributed by atoms with van der Waals surface area (Å²) in [6.45, 7) is 3.06. The Balaban J connectivity index is 1.33. The highest BCUT2D eigenvalue weighted by atomic mass is 79.9. The van der Waals surface area contributed by atoms with Crippen LogP contribution in [0.2, 0.25) is 0 Å². The van der Waals surface area contributed by atoms with Gasteiger partial charge in [0, 0.05) is 11.8 Å². The molecule has 0 unspecified atom stereocenters. The van der Waals surface area contributed by atoms with Gasteiger partial charge in [0.2, 0.25) is 6.79 Å². The molecule has 0 bridgehead atoms. The Morgan fingerprint density at radius 2 is 1.91 bits per heavy atom. The molecule has 4 rings (SSSR count). The first-order valence-electron chi connectivity index (χ1n) is 10.7. The number of ether oxygens (including phenoxy) is 4. The number of hydrogen-bond acceptors (Lipinski definition) is 7. The fourth-order valence-corrected chi connectivity index (χ4v) is 3.78. The number of halogens is 1. The van der Waals surface area contributed by atoms with Gasteiger partial charge < -0.3 is 24.3 Å². The maximum Gasteiger partial charge on any atom is 0.259 e. The molecule has 176 valence electrons. The monoisotopic (exact) mass is 525 g/mol. The summed E-state index contributed by atoms with van der Waals surface area (Å²) >= 11 is 3.55. The second-order valence-corrected chi connectivity index (χ2v) is 8.11. The van der Waals surface area contributed by atoms with Gasteiger partial charge in [-0.25, -0.2) is 5.43 Å². The lowest BCUT2D eigenvalue weighted by Crippen LogP contribution is -2.25. The van der Waals surface area contributed by atoms with Gasteiger partial charge >= 0.3 is 0 Å². The van der Waals surface area contributed by atoms with Crippen LogP contribution in [-0.4, -0.2) is 32.1 Å². The molecule has 2 N–H and O–H groups in total. The molecule has 8 nitrogen and oxygen atoms in total. The zero-order valence-corrected chi connectivity index (χ0v) is 20.1. The minimum absolute atomic E-state index is 0.0527. The first-order chi connectivity index (χ1) is 16.6. The van der Waals surface area contributed by atoms with Crippen LogP contribution < -0.4 is 29.7 Å². The van der Waals surface area contributed by atoms with Crippen molar-refractivity contribution in [2.45, 2.75) is 13.5 Å². The van der Waals surface area contributed by atoms with E-state index in [-0.39, 0.29) is 19.2 Å². The summed E-state index contributed by atoms with van der Waals surface area (Å²) in [5.74, 6) is 2.25. The fraction of sp³-hybridized carbons (Fsp3) is 0.200. The van der Waals surface area contributed by atoms with Gasteiger partial charge in [0.15, 0.2) is 23.0 Å². The van der Waals surface area contributed by atoms with Gasteiger partial charge in [-0.2, -0.15) is 5.10 Å². The van der Waals surface area contributed by atoms with Gasteiger partial charge in [0.1, 0.15) is 6.61 Å². The molecule has 3 aromatic rings. The molecule has 0 radical (unpaired) electrons. The highest BCUT2D eigenvalue weighted by Crippen LogP contribution is 2.37. The van der Waals surface area contributed by atoms with Gasteiger partial charge in [-0.1, -0.05) is 30.3 Å². The van der Waals surface area contributed by atoms with Gasteiger partial charge in [-0.3, -0.25) is 4.79 Å². The highest BCUT2D eigenvalue weighted by Gasteiger charge is 2.14. The topological polar surface area (TPSA) is 90.4 Å². The summed E-state index contributed by atoms with van der Waals surface area (Å²) in [4.78, 5) is 12.2. The van der Waals surface area contributed by atoms with E-state index in [9.17, 15) is 4.79 Å². The van der Waals surface area contributed by atoms with Gasteiger partial charge in [0.05, 0.1) is 23.8 Å². The second-order valence-electron chi connectivity index (χ2n) is 7.25. The quantitative estimate of drug-likeness (QED) is 0.294. The van der Waals surface area contributed by atoms with Crippen molar-refractivity contribution in [3.63, 3.8) is 0 Å². The van der Waals surface area contributed by atoms with E-state index in [0.29, 0.717) is 36.2 Å². The number of nitrogens with zero attached hydrogens (tertiary/aromatic N) is 1. The van der Waals surface area contributed by atoms with Crippen molar-refractivity contribution < 1.29 is 23.7 Å². The van der Waals surface area contributed by atoms with Gasteiger partial charge in [-0.05, 0) is 58.2 Å². The molecule has 0 aromatic heterocycles. The van der Waals surface area contributed by atoms with Crippen LogP contribution in [0, 0.1) is 0 Å². The normalized spacial score (nSPS) is 11.9. The van der Waals surface area contributed by atoms with E-state index in [1.165, 1.54) is 0 Å². The number of nitrogens with one attached hydrogen (secondary N) is 2. The molecule has 0 fully saturated rings. The lowest BCUT2D eigenvalue weighted by atomic mass is 10.2. The van der Waals surface area contributed by atoms with Crippen molar-refractivity contribution in [1.82, 2.24) is 5.43 Å². The number of fused-ring (bicyclic) bond motifs is 1. The lowest BCUT2D eigenvalue weighted by Gasteiger charge is -2.14. The molecule has 0 atom stereocenters. The minimum Gasteiger partial charge on any atom is -0.490 e. The summed E-state index contributed by atoms with van der Waals surface area (Å²) in [5.41, 5.74) is 5.06. The predicted octanol–water partition coefficient (Wildman–Crippen LogP) is 4.72. The standard InChI is InChI=1S/C25H24BrN3O5/c1-2-31-23-11-18(10-20(26)25(23)32-15-17-6-4-3-5-7-17)13-28-29-24(30)14-27-19-8-9-21-22(12-19)34-16-33-21/h3-13,27H,2,14-16H2,1H3,(H,29,30)/b28-13-. The first-order valence-corrected chi connectivity index (χ1v) is 11.5. The molecular formula is C25H24BrN3O5. The Kier molecular flexibility index (Phi) is 7.87. The number of hydrogen-bond donors (Lipinski definition) is 2. The highest BCUT2D eigenvalue weighted by molar-refractivity contribution is 9.10. The van der Waals surface area contributed by atoms with Crippen LogP contribution in [0.3, 0.4) is 0 Å². The number of amides is 1. The van der Waals surface area contributed by atoms with E-state index in [2.05, 4.69) is 31.8 Å². The third-order valence-corrected chi connectivity index (χ3v) is 5.38. The largest absolute Gasteiger partial charge is 0.490 e. The van der Waals surface area contributed by atoms with Crippen molar-refractivity contribution in [2.24, 2.45) is 5.10 Å². The summed E-state index contributed by atoms with van der Waals surface area (Å²) in [5, 5.41) is 7.08. The number of carbonyl (C=O) groups excluding carboxylic acids is 1. The zero-order valence-electron chi connectivity index (χ0n) is 18.5. The van der Waals surface area contributed by atoms with E-state index < -0.39 is 0 Å². The van der Waals surface area contributed by atoms with Crippen LogP contribution in [0.5, 0.6) is 23.0 Å². The van der Waals surface area contributed by atoms with Crippen LogP contribution >= 0.6 is 15.9 Å². The van der Waals surface area contributed by atoms with E-state index in [4.69, 9.17) is 18.9 Å². The van der Waals surface area contributed by atoms with Crippen LogP contribution in [0.15, 0.2) is 70.2 Å². The van der Waals surface area contributed by atoms with Crippen molar-refractivity contribution in [3.05, 3.63) is 76.3 Å².